The van der Waals surface area contributed by atoms with Gasteiger partial charge in [0.1, 0.15) is 17.3 Å². The average Bonchev–Trinajstić information content (AvgIpc) is 2.61. The average molecular weight is 318 g/mol. The molecule has 23 heavy (non-hydrogen) atoms. The second-order valence-electron chi connectivity index (χ2n) is 6.31. The van der Waals surface area contributed by atoms with Gasteiger partial charge in [-0.25, -0.2) is 9.97 Å². The molecule has 2 aliphatic heterocycles. The van der Waals surface area contributed by atoms with Gasteiger partial charge in [0.15, 0.2) is 0 Å². The lowest BCUT2D eigenvalue weighted by Crippen LogP contribution is -2.42. The Morgan fingerprint density at radius 3 is 2.78 bits per heavy atom. The number of rotatable bonds is 3. The molecule has 3 rings (SSSR count). The van der Waals surface area contributed by atoms with E-state index in [1.54, 1.807) is 0 Å². The summed E-state index contributed by atoms with van der Waals surface area (Å²) < 4.78 is 5.32. The van der Waals surface area contributed by atoms with Crippen molar-refractivity contribution >= 4 is 11.7 Å². The maximum Gasteiger partial charge on any atom is 0.272 e. The van der Waals surface area contributed by atoms with Gasteiger partial charge in [0.25, 0.3) is 5.91 Å². The largest absolute Gasteiger partial charge is 0.378 e. The number of carbonyl (C=O) groups is 1. The summed E-state index contributed by atoms with van der Waals surface area (Å²) in [5.41, 5.74) is 0.509. The lowest BCUT2D eigenvalue weighted by molar-refractivity contribution is 0.0299. The number of hydrogen-bond donors (Lipinski definition) is 0. The Balaban J connectivity index is 1.84. The van der Waals surface area contributed by atoms with Crippen molar-refractivity contribution in [3.63, 3.8) is 0 Å². The second kappa shape index (κ2) is 7.25. The Morgan fingerprint density at radius 2 is 2.04 bits per heavy atom. The smallest absolute Gasteiger partial charge is 0.272 e. The molecule has 2 aliphatic rings. The fourth-order valence-electron chi connectivity index (χ4n) is 3.46. The highest BCUT2D eigenvalue weighted by Crippen LogP contribution is 2.25. The molecule has 1 amide bonds. The zero-order chi connectivity index (χ0) is 16.2. The highest BCUT2D eigenvalue weighted by Gasteiger charge is 2.25. The van der Waals surface area contributed by atoms with Gasteiger partial charge in [-0.3, -0.25) is 4.79 Å². The Bertz CT molecular complexity index is 558. The third-order valence-corrected chi connectivity index (χ3v) is 4.73. The minimum absolute atomic E-state index is 0.00916. The highest BCUT2D eigenvalue weighted by molar-refractivity contribution is 5.93. The first-order valence-corrected chi connectivity index (χ1v) is 8.68. The molecule has 2 saturated heterocycles. The van der Waals surface area contributed by atoms with E-state index in [9.17, 15) is 4.79 Å². The molecule has 0 aliphatic carbocycles. The molecule has 0 N–H and O–H groups in total. The molecule has 0 saturated carbocycles. The summed E-state index contributed by atoms with van der Waals surface area (Å²) in [4.78, 5) is 25.9. The fraction of sp³-hybridized carbons (Fsp3) is 0.706. The van der Waals surface area contributed by atoms with Crippen molar-refractivity contribution in [2.75, 3.05) is 37.7 Å². The summed E-state index contributed by atoms with van der Waals surface area (Å²) in [6.07, 6.45) is 4.77. The van der Waals surface area contributed by atoms with Gasteiger partial charge >= 0.3 is 0 Å². The number of aromatic nitrogens is 2. The predicted molar refractivity (Wildman–Crippen MR) is 88.8 cm³/mol. The molecule has 6 heteroatoms. The van der Waals surface area contributed by atoms with Crippen LogP contribution < -0.4 is 4.90 Å². The summed E-state index contributed by atoms with van der Waals surface area (Å²) in [6.45, 7) is 7.58. The van der Waals surface area contributed by atoms with Crippen molar-refractivity contribution in [1.29, 1.82) is 0 Å². The number of amides is 1. The Morgan fingerprint density at radius 1 is 1.26 bits per heavy atom. The number of aryl methyl sites for hydroxylation is 1. The van der Waals surface area contributed by atoms with Gasteiger partial charge in [-0.05, 0) is 32.6 Å². The van der Waals surface area contributed by atoms with Crippen molar-refractivity contribution in [2.24, 2.45) is 0 Å². The van der Waals surface area contributed by atoms with Crippen LogP contribution >= 0.6 is 0 Å². The van der Waals surface area contributed by atoms with E-state index < -0.39 is 0 Å². The van der Waals surface area contributed by atoms with Crippen molar-refractivity contribution in [2.45, 2.75) is 45.6 Å². The maximum atomic E-state index is 12.7. The molecular formula is C17H26N4O2. The predicted octanol–water partition coefficient (Wildman–Crippen LogP) is 2.03. The van der Waals surface area contributed by atoms with E-state index in [0.717, 1.165) is 18.8 Å². The molecular weight excluding hydrogens is 292 g/mol. The third-order valence-electron chi connectivity index (χ3n) is 4.73. The van der Waals surface area contributed by atoms with Crippen LogP contribution in [0.25, 0.3) is 0 Å². The van der Waals surface area contributed by atoms with E-state index in [0.29, 0.717) is 43.9 Å². The zero-order valence-corrected chi connectivity index (χ0v) is 14.1. The van der Waals surface area contributed by atoms with Gasteiger partial charge in [-0.15, -0.1) is 0 Å². The topological polar surface area (TPSA) is 58.6 Å². The number of ether oxygens (including phenoxy) is 1. The molecule has 0 aromatic carbocycles. The van der Waals surface area contributed by atoms with Crippen LogP contribution in [-0.4, -0.2) is 59.7 Å². The molecule has 1 aromatic rings. The van der Waals surface area contributed by atoms with E-state index >= 15 is 0 Å². The minimum Gasteiger partial charge on any atom is -0.378 e. The van der Waals surface area contributed by atoms with Crippen molar-refractivity contribution < 1.29 is 9.53 Å². The molecule has 2 fully saturated rings. The molecule has 1 unspecified atom stereocenters. The lowest BCUT2D eigenvalue weighted by Gasteiger charge is -2.36. The first-order valence-electron chi connectivity index (χ1n) is 8.68. The molecule has 126 valence electrons. The maximum absolute atomic E-state index is 12.7. The van der Waals surface area contributed by atoms with E-state index in [-0.39, 0.29) is 5.91 Å². The van der Waals surface area contributed by atoms with Crippen molar-refractivity contribution in [3.05, 3.63) is 17.6 Å². The molecule has 6 nitrogen and oxygen atoms in total. The van der Waals surface area contributed by atoms with Gasteiger partial charge in [-0.1, -0.05) is 6.92 Å². The number of piperidine rings is 1. The van der Waals surface area contributed by atoms with Crippen LogP contribution in [0.5, 0.6) is 0 Å². The summed E-state index contributed by atoms with van der Waals surface area (Å²) in [5, 5.41) is 0. The van der Waals surface area contributed by atoms with Crippen LogP contribution in [0.15, 0.2) is 6.07 Å². The van der Waals surface area contributed by atoms with E-state index in [1.165, 1.54) is 19.3 Å². The molecule has 1 atom stereocenters. The Hall–Kier alpha value is -1.69. The summed E-state index contributed by atoms with van der Waals surface area (Å²) in [6, 6.07) is 2.39. The quantitative estimate of drug-likeness (QED) is 0.853. The third kappa shape index (κ3) is 3.63. The van der Waals surface area contributed by atoms with E-state index in [2.05, 4.69) is 21.8 Å². The van der Waals surface area contributed by atoms with Crippen LogP contribution in [0, 0.1) is 6.92 Å². The van der Waals surface area contributed by atoms with Gasteiger partial charge in [0.05, 0.1) is 13.2 Å². The Labute approximate surface area is 137 Å². The highest BCUT2D eigenvalue weighted by atomic mass is 16.5. The molecule has 3 heterocycles. The van der Waals surface area contributed by atoms with Gasteiger partial charge < -0.3 is 14.5 Å². The normalized spacial score (nSPS) is 22.3. The van der Waals surface area contributed by atoms with Crippen LogP contribution in [0.2, 0.25) is 0 Å². The Kier molecular flexibility index (Phi) is 5.10. The van der Waals surface area contributed by atoms with Gasteiger partial charge in [-0.2, -0.15) is 0 Å². The van der Waals surface area contributed by atoms with Crippen LogP contribution in [0.4, 0.5) is 5.82 Å². The van der Waals surface area contributed by atoms with Crippen LogP contribution in [0.3, 0.4) is 0 Å². The SMILES string of the molecule is CCC1CCCCN1c1cc(C(=O)N2CCOCC2)nc(C)n1. The molecule has 0 bridgehead atoms. The summed E-state index contributed by atoms with van der Waals surface area (Å²) in [5.74, 6) is 1.56. The second-order valence-corrected chi connectivity index (χ2v) is 6.31. The zero-order valence-electron chi connectivity index (χ0n) is 14.1. The van der Waals surface area contributed by atoms with Crippen molar-refractivity contribution in [1.82, 2.24) is 14.9 Å². The van der Waals surface area contributed by atoms with Gasteiger partial charge in [0, 0.05) is 31.7 Å². The fourth-order valence-corrected chi connectivity index (χ4v) is 3.46. The number of morpholine rings is 1. The number of carbonyl (C=O) groups excluding carboxylic acids is 1. The number of nitrogens with zero attached hydrogens (tertiary/aromatic N) is 4. The standard InChI is InChI=1S/C17H26N4O2/c1-3-14-6-4-5-7-21(14)16-12-15(18-13(2)19-16)17(22)20-8-10-23-11-9-20/h12,14H,3-11H2,1-2H3. The molecule has 0 spiro atoms. The first kappa shape index (κ1) is 16.2. The molecule has 1 aromatic heterocycles. The summed E-state index contributed by atoms with van der Waals surface area (Å²) in [7, 11) is 0. The van der Waals surface area contributed by atoms with Crippen LogP contribution in [-0.2, 0) is 4.74 Å². The number of anilines is 1. The first-order chi connectivity index (χ1) is 11.2. The lowest BCUT2D eigenvalue weighted by atomic mass is 10.00. The summed E-state index contributed by atoms with van der Waals surface area (Å²) >= 11 is 0. The minimum atomic E-state index is -0.00916. The molecule has 0 radical (unpaired) electrons. The van der Waals surface area contributed by atoms with E-state index in [4.69, 9.17) is 4.74 Å². The van der Waals surface area contributed by atoms with Crippen LogP contribution in [0.1, 0.15) is 48.9 Å². The van der Waals surface area contributed by atoms with Crippen molar-refractivity contribution in [3.8, 4) is 0 Å². The van der Waals surface area contributed by atoms with Gasteiger partial charge in [0.2, 0.25) is 0 Å². The monoisotopic (exact) mass is 318 g/mol. The van der Waals surface area contributed by atoms with E-state index in [1.807, 2.05) is 17.9 Å². The number of hydrogen-bond acceptors (Lipinski definition) is 5.